The molecule has 0 spiro atoms. The zero-order valence-electron chi connectivity index (χ0n) is 13.7. The summed E-state index contributed by atoms with van der Waals surface area (Å²) >= 11 is 0. The minimum Gasteiger partial charge on any atom is -0.490 e. The first-order chi connectivity index (χ1) is 12.3. The molecule has 1 heterocycles. The summed E-state index contributed by atoms with van der Waals surface area (Å²) in [6, 6.07) is 16.9. The number of para-hydroxylation sites is 1. The molecule has 0 fully saturated rings. The summed E-state index contributed by atoms with van der Waals surface area (Å²) in [6.45, 7) is 1.49. The fourth-order valence-corrected chi connectivity index (χ4v) is 2.51. The Hall–Kier alpha value is -3.26. The lowest BCUT2D eigenvalue weighted by Gasteiger charge is -2.10. The molecule has 25 heavy (non-hydrogen) atoms. The second kappa shape index (κ2) is 8.02. The summed E-state index contributed by atoms with van der Waals surface area (Å²) in [5.74, 6) is 0.787. The van der Waals surface area contributed by atoms with Crippen molar-refractivity contribution in [3.63, 3.8) is 0 Å². The molecule has 0 unspecified atom stereocenters. The van der Waals surface area contributed by atoms with Crippen molar-refractivity contribution < 1.29 is 14.3 Å². The van der Waals surface area contributed by atoms with Gasteiger partial charge in [-0.1, -0.05) is 42.5 Å². The number of rotatable bonds is 4. The Kier molecular flexibility index (Phi) is 5.32. The van der Waals surface area contributed by atoms with Gasteiger partial charge in [-0.15, -0.1) is 0 Å². The van der Waals surface area contributed by atoms with Gasteiger partial charge in [-0.05, 0) is 17.7 Å². The van der Waals surface area contributed by atoms with E-state index in [1.165, 1.54) is 6.08 Å². The van der Waals surface area contributed by atoms with Crippen LogP contribution in [0, 0.1) is 11.3 Å². The summed E-state index contributed by atoms with van der Waals surface area (Å²) in [5, 5.41) is 12.1. The van der Waals surface area contributed by atoms with E-state index in [0.29, 0.717) is 36.8 Å². The average Bonchev–Trinajstić information content (AvgIpc) is 2.91. The van der Waals surface area contributed by atoms with Crippen LogP contribution < -0.4 is 14.8 Å². The number of nitrogens with zero attached hydrogens (tertiary/aromatic N) is 1. The predicted molar refractivity (Wildman–Crippen MR) is 93.9 cm³/mol. The highest BCUT2D eigenvalue weighted by Crippen LogP contribution is 2.34. The quantitative estimate of drug-likeness (QED) is 0.689. The highest BCUT2D eigenvalue weighted by molar-refractivity contribution is 6.02. The zero-order valence-corrected chi connectivity index (χ0v) is 13.7. The second-order valence-corrected chi connectivity index (χ2v) is 5.56. The molecule has 1 aliphatic rings. The van der Waals surface area contributed by atoms with Crippen molar-refractivity contribution in [2.75, 3.05) is 13.2 Å². The van der Waals surface area contributed by atoms with Crippen molar-refractivity contribution in [2.24, 2.45) is 0 Å². The third-order valence-electron chi connectivity index (χ3n) is 3.76. The molecule has 0 saturated heterocycles. The first-order valence-corrected chi connectivity index (χ1v) is 8.10. The van der Waals surface area contributed by atoms with Gasteiger partial charge in [0, 0.05) is 18.5 Å². The smallest absolute Gasteiger partial charge is 0.262 e. The van der Waals surface area contributed by atoms with Crippen molar-refractivity contribution in [3.8, 4) is 17.6 Å². The molecular weight excluding hydrogens is 316 g/mol. The van der Waals surface area contributed by atoms with E-state index in [1.807, 2.05) is 48.5 Å². The summed E-state index contributed by atoms with van der Waals surface area (Å²) in [5.41, 5.74) is 1.65. The number of amides is 1. The van der Waals surface area contributed by atoms with Crippen molar-refractivity contribution in [3.05, 3.63) is 65.2 Å². The Morgan fingerprint density at radius 1 is 1.12 bits per heavy atom. The van der Waals surface area contributed by atoms with E-state index in [9.17, 15) is 10.1 Å². The van der Waals surface area contributed by atoms with Crippen LogP contribution in [0.3, 0.4) is 0 Å². The van der Waals surface area contributed by atoms with Crippen LogP contribution in [0.1, 0.15) is 17.5 Å². The van der Waals surface area contributed by atoms with Crippen LogP contribution in [0.15, 0.2) is 54.1 Å². The number of hydrogen-bond acceptors (Lipinski definition) is 4. The molecule has 1 aliphatic heterocycles. The molecule has 1 amide bonds. The highest BCUT2D eigenvalue weighted by atomic mass is 16.5. The third kappa shape index (κ3) is 4.18. The number of benzene rings is 2. The zero-order chi connectivity index (χ0) is 17.5. The normalized spacial score (nSPS) is 13.5. The molecule has 2 aromatic rings. The van der Waals surface area contributed by atoms with E-state index in [4.69, 9.17) is 9.47 Å². The topological polar surface area (TPSA) is 71.3 Å². The summed E-state index contributed by atoms with van der Waals surface area (Å²) in [4.78, 5) is 12.3. The standard InChI is InChI=1S/C20H18N2O3/c21-13-17(20(23)22-14-15-6-2-1-3-7-15)12-16-8-4-9-18-19(16)25-11-5-10-24-18/h1-4,6-9,12H,5,10-11,14H2,(H,22,23)/b17-12+. The fourth-order valence-electron chi connectivity index (χ4n) is 2.51. The Bertz CT molecular complexity index is 823. The first kappa shape index (κ1) is 16.6. The van der Waals surface area contributed by atoms with Crippen LogP contribution in [0.4, 0.5) is 0 Å². The predicted octanol–water partition coefficient (Wildman–Crippen LogP) is 3.07. The van der Waals surface area contributed by atoms with Gasteiger partial charge in [0.25, 0.3) is 5.91 Å². The molecule has 5 heteroatoms. The van der Waals surface area contributed by atoms with Gasteiger partial charge in [-0.25, -0.2) is 0 Å². The van der Waals surface area contributed by atoms with Gasteiger partial charge >= 0.3 is 0 Å². The van der Waals surface area contributed by atoms with E-state index in [0.717, 1.165) is 12.0 Å². The maximum absolute atomic E-state index is 12.3. The van der Waals surface area contributed by atoms with Crippen LogP contribution in [-0.4, -0.2) is 19.1 Å². The number of nitriles is 1. The lowest BCUT2D eigenvalue weighted by molar-refractivity contribution is -0.117. The van der Waals surface area contributed by atoms with Crippen molar-refractivity contribution >= 4 is 12.0 Å². The molecule has 1 N–H and O–H groups in total. The number of ether oxygens (including phenoxy) is 2. The van der Waals surface area contributed by atoms with Gasteiger partial charge in [0.15, 0.2) is 11.5 Å². The summed E-state index contributed by atoms with van der Waals surface area (Å²) in [6.07, 6.45) is 2.33. The molecule has 0 bridgehead atoms. The first-order valence-electron chi connectivity index (χ1n) is 8.10. The third-order valence-corrected chi connectivity index (χ3v) is 3.76. The van der Waals surface area contributed by atoms with E-state index < -0.39 is 5.91 Å². The van der Waals surface area contributed by atoms with Crippen molar-refractivity contribution in [2.45, 2.75) is 13.0 Å². The van der Waals surface area contributed by atoms with Gasteiger partial charge in [-0.2, -0.15) is 5.26 Å². The van der Waals surface area contributed by atoms with Crippen molar-refractivity contribution in [1.82, 2.24) is 5.32 Å². The van der Waals surface area contributed by atoms with Crippen LogP contribution in [-0.2, 0) is 11.3 Å². The number of fused-ring (bicyclic) bond motifs is 1. The maximum Gasteiger partial charge on any atom is 0.262 e. The fraction of sp³-hybridized carbons (Fsp3) is 0.200. The van der Waals surface area contributed by atoms with Gasteiger partial charge in [0.2, 0.25) is 0 Å². The Balaban J connectivity index is 1.79. The van der Waals surface area contributed by atoms with Gasteiger partial charge in [0.05, 0.1) is 13.2 Å². The average molecular weight is 334 g/mol. The molecule has 0 aliphatic carbocycles. The number of hydrogen-bond donors (Lipinski definition) is 1. The highest BCUT2D eigenvalue weighted by Gasteiger charge is 2.16. The minimum absolute atomic E-state index is 0.0252. The molecule has 0 saturated carbocycles. The molecule has 3 rings (SSSR count). The number of nitrogens with one attached hydrogen (secondary N) is 1. The molecule has 0 radical (unpaired) electrons. The van der Waals surface area contributed by atoms with Crippen LogP contribution >= 0.6 is 0 Å². The van der Waals surface area contributed by atoms with Crippen LogP contribution in [0.5, 0.6) is 11.5 Å². The maximum atomic E-state index is 12.3. The van der Waals surface area contributed by atoms with Crippen LogP contribution in [0.2, 0.25) is 0 Å². The Morgan fingerprint density at radius 3 is 2.72 bits per heavy atom. The Labute approximate surface area is 146 Å². The van der Waals surface area contributed by atoms with Gasteiger partial charge in [-0.3, -0.25) is 4.79 Å². The minimum atomic E-state index is -0.418. The van der Waals surface area contributed by atoms with Crippen LogP contribution in [0.25, 0.3) is 6.08 Å². The second-order valence-electron chi connectivity index (χ2n) is 5.56. The molecular formula is C20H18N2O3. The molecule has 5 nitrogen and oxygen atoms in total. The van der Waals surface area contributed by atoms with Gasteiger partial charge in [0.1, 0.15) is 11.6 Å². The number of carbonyl (C=O) groups is 1. The number of carbonyl (C=O) groups excluding carboxylic acids is 1. The van der Waals surface area contributed by atoms with E-state index in [1.54, 1.807) is 6.07 Å². The largest absolute Gasteiger partial charge is 0.490 e. The lowest BCUT2D eigenvalue weighted by Crippen LogP contribution is -2.23. The lowest BCUT2D eigenvalue weighted by atomic mass is 10.1. The molecule has 0 atom stereocenters. The Morgan fingerprint density at radius 2 is 1.92 bits per heavy atom. The monoisotopic (exact) mass is 334 g/mol. The summed E-state index contributed by atoms with van der Waals surface area (Å²) < 4.78 is 11.4. The summed E-state index contributed by atoms with van der Waals surface area (Å²) in [7, 11) is 0. The van der Waals surface area contributed by atoms with Crippen molar-refractivity contribution in [1.29, 1.82) is 5.26 Å². The SMILES string of the molecule is N#C/C(=C\c1cccc2c1OCCCO2)C(=O)NCc1ccccc1. The molecule has 126 valence electrons. The molecule has 2 aromatic carbocycles. The van der Waals surface area contributed by atoms with Gasteiger partial charge < -0.3 is 14.8 Å². The van der Waals surface area contributed by atoms with E-state index >= 15 is 0 Å². The van der Waals surface area contributed by atoms with E-state index in [2.05, 4.69) is 5.32 Å². The molecule has 0 aromatic heterocycles. The van der Waals surface area contributed by atoms with E-state index in [-0.39, 0.29) is 5.57 Å².